The van der Waals surface area contributed by atoms with E-state index in [4.69, 9.17) is 0 Å². The van der Waals surface area contributed by atoms with Crippen molar-refractivity contribution in [2.24, 2.45) is 22.7 Å². The van der Waals surface area contributed by atoms with E-state index in [0.717, 1.165) is 38.0 Å². The van der Waals surface area contributed by atoms with Crippen molar-refractivity contribution in [1.29, 1.82) is 0 Å². The fraction of sp³-hybridized carbons (Fsp3) is 0.696. The Hall–Kier alpha value is -1.31. The van der Waals surface area contributed by atoms with Gasteiger partial charge in [0.1, 0.15) is 11.5 Å². The van der Waals surface area contributed by atoms with Crippen LogP contribution in [0.25, 0.3) is 0 Å². The lowest BCUT2D eigenvalue weighted by Gasteiger charge is -2.59. The Morgan fingerprint density at radius 3 is 2.64 bits per heavy atom. The lowest BCUT2D eigenvalue weighted by molar-refractivity contribution is -0.149. The van der Waals surface area contributed by atoms with Gasteiger partial charge in [-0.15, -0.1) is 0 Å². The fourth-order valence-corrected chi connectivity index (χ4v) is 6.07. The van der Waals surface area contributed by atoms with E-state index in [1.54, 1.807) is 0 Å². The Balaban J connectivity index is 1.73. The van der Waals surface area contributed by atoms with Crippen LogP contribution < -0.4 is 0 Å². The smallest absolute Gasteiger partial charge is 0.139 e. The molecule has 2 fully saturated rings. The largest absolute Gasteiger partial charge is 0.508 e. The molecule has 4 rings (SSSR count). The molecule has 25 heavy (non-hydrogen) atoms. The fourth-order valence-electron chi connectivity index (χ4n) is 6.07. The first kappa shape index (κ1) is 17.1. The van der Waals surface area contributed by atoms with Gasteiger partial charge in [0.05, 0.1) is 0 Å². The van der Waals surface area contributed by atoms with Gasteiger partial charge in [-0.25, -0.2) is 0 Å². The van der Waals surface area contributed by atoms with Crippen LogP contribution in [0.5, 0.6) is 5.75 Å². The predicted octanol–water partition coefficient (Wildman–Crippen LogP) is 5.62. The molecule has 2 heteroatoms. The highest BCUT2D eigenvalue weighted by Crippen LogP contribution is 2.65. The molecule has 0 radical (unpaired) electrons. The topological polar surface area (TPSA) is 37.3 Å². The van der Waals surface area contributed by atoms with Gasteiger partial charge >= 0.3 is 0 Å². The van der Waals surface area contributed by atoms with Gasteiger partial charge in [-0.1, -0.05) is 33.3 Å². The van der Waals surface area contributed by atoms with Crippen LogP contribution in [0.3, 0.4) is 0 Å². The Morgan fingerprint density at radius 1 is 1.20 bits per heavy atom. The summed E-state index contributed by atoms with van der Waals surface area (Å²) >= 11 is 0. The number of fused-ring (bicyclic) bond motifs is 3. The van der Waals surface area contributed by atoms with Crippen molar-refractivity contribution in [1.82, 2.24) is 0 Å². The maximum atomic E-state index is 12.6. The van der Waals surface area contributed by atoms with Gasteiger partial charge in [0.25, 0.3) is 0 Å². The molecule has 2 nitrogen and oxygen atoms in total. The van der Waals surface area contributed by atoms with E-state index in [2.05, 4.69) is 26.8 Å². The van der Waals surface area contributed by atoms with E-state index in [0.29, 0.717) is 28.8 Å². The molecule has 1 aromatic rings. The number of carbonyl (C=O) groups excluding carboxylic acids is 1. The number of ketones is 1. The van der Waals surface area contributed by atoms with Gasteiger partial charge in [0.15, 0.2) is 0 Å². The van der Waals surface area contributed by atoms with Crippen molar-refractivity contribution >= 4 is 5.78 Å². The number of phenolic OH excluding ortho intramolecular Hbond substituents is 1. The van der Waals surface area contributed by atoms with Crippen molar-refractivity contribution in [3.63, 3.8) is 0 Å². The third-order valence-corrected chi connectivity index (χ3v) is 7.91. The quantitative estimate of drug-likeness (QED) is 0.775. The normalized spacial score (nSPS) is 36.9. The molecular formula is C23H32O2. The highest BCUT2D eigenvalue weighted by atomic mass is 16.3. The molecule has 3 aliphatic rings. The molecule has 0 aromatic heterocycles. The first-order valence-corrected chi connectivity index (χ1v) is 10.2. The molecule has 0 heterocycles. The molecule has 1 spiro atoms. The van der Waals surface area contributed by atoms with E-state index in [1.807, 2.05) is 12.1 Å². The SMILES string of the molecule is CC(C)CC[C@H]1CC2(CCC2=O)C[C@@H]2c3ccc(O)cc3CC[C@@]12C. The number of phenols is 1. The zero-order valence-corrected chi connectivity index (χ0v) is 16.0. The molecule has 1 N–H and O–H groups in total. The summed E-state index contributed by atoms with van der Waals surface area (Å²) in [7, 11) is 0. The van der Waals surface area contributed by atoms with Crippen molar-refractivity contribution < 1.29 is 9.90 Å². The van der Waals surface area contributed by atoms with Gasteiger partial charge in [-0.2, -0.15) is 0 Å². The maximum Gasteiger partial charge on any atom is 0.139 e. The van der Waals surface area contributed by atoms with Crippen LogP contribution in [0.4, 0.5) is 0 Å². The Labute approximate surface area is 152 Å². The number of aryl methyl sites for hydroxylation is 1. The highest BCUT2D eigenvalue weighted by molar-refractivity contribution is 5.90. The standard InChI is InChI=1S/C23H32O2/c1-15(2)4-5-17-13-23(11-9-21(23)25)14-20-19-7-6-18(24)12-16(19)8-10-22(17,20)3/h6-7,12,15,17,20,24H,4-5,8-11,13-14H2,1-3H3/t17-,20+,22-,23?/m0/s1. The van der Waals surface area contributed by atoms with Gasteiger partial charge in [0.2, 0.25) is 0 Å². The number of aromatic hydroxyl groups is 1. The van der Waals surface area contributed by atoms with Crippen molar-refractivity contribution in [2.75, 3.05) is 0 Å². The summed E-state index contributed by atoms with van der Waals surface area (Å²) in [4.78, 5) is 12.6. The number of benzene rings is 1. The van der Waals surface area contributed by atoms with Gasteiger partial charge in [-0.05, 0) is 85.0 Å². The molecule has 1 unspecified atom stereocenters. The lowest BCUT2D eigenvalue weighted by Crippen LogP contribution is -2.53. The van der Waals surface area contributed by atoms with Crippen molar-refractivity contribution in [3.8, 4) is 5.75 Å². The van der Waals surface area contributed by atoms with Crippen molar-refractivity contribution in [3.05, 3.63) is 29.3 Å². The summed E-state index contributed by atoms with van der Waals surface area (Å²) < 4.78 is 0. The third-order valence-electron chi connectivity index (χ3n) is 7.91. The molecule has 0 aliphatic heterocycles. The predicted molar refractivity (Wildman–Crippen MR) is 101 cm³/mol. The number of carbonyl (C=O) groups is 1. The van der Waals surface area contributed by atoms with E-state index in [1.165, 1.54) is 30.4 Å². The van der Waals surface area contributed by atoms with Crippen LogP contribution in [0.15, 0.2) is 18.2 Å². The summed E-state index contributed by atoms with van der Waals surface area (Å²) in [6.07, 6.45) is 8.84. The minimum Gasteiger partial charge on any atom is -0.508 e. The Kier molecular flexibility index (Phi) is 4.01. The van der Waals surface area contributed by atoms with Crippen LogP contribution in [0.2, 0.25) is 0 Å². The van der Waals surface area contributed by atoms with Crippen LogP contribution >= 0.6 is 0 Å². The average molecular weight is 341 g/mol. The number of Topliss-reactive ketones (excluding diaryl/α,β-unsaturated/α-hetero) is 1. The van der Waals surface area contributed by atoms with Crippen LogP contribution in [-0.4, -0.2) is 10.9 Å². The second-order valence-electron chi connectivity index (χ2n) is 9.72. The summed E-state index contributed by atoms with van der Waals surface area (Å²) in [5.41, 5.74) is 3.01. The van der Waals surface area contributed by atoms with Gasteiger partial charge in [0, 0.05) is 11.8 Å². The summed E-state index contributed by atoms with van der Waals surface area (Å²) in [5.74, 6) is 2.76. The molecular weight excluding hydrogens is 308 g/mol. The molecule has 2 saturated carbocycles. The monoisotopic (exact) mass is 340 g/mol. The minimum atomic E-state index is -0.0294. The number of hydrogen-bond donors (Lipinski definition) is 1. The van der Waals surface area contributed by atoms with Crippen LogP contribution in [-0.2, 0) is 11.2 Å². The van der Waals surface area contributed by atoms with Crippen molar-refractivity contribution in [2.45, 2.75) is 78.1 Å². The molecule has 3 aliphatic carbocycles. The average Bonchev–Trinajstić information content (AvgIpc) is 2.58. The number of hydrogen-bond acceptors (Lipinski definition) is 2. The molecule has 136 valence electrons. The first-order valence-electron chi connectivity index (χ1n) is 10.2. The molecule has 0 saturated heterocycles. The van der Waals surface area contributed by atoms with E-state index in [9.17, 15) is 9.90 Å². The Morgan fingerprint density at radius 2 is 2.00 bits per heavy atom. The van der Waals surface area contributed by atoms with E-state index < -0.39 is 0 Å². The van der Waals surface area contributed by atoms with Crippen LogP contribution in [0.1, 0.15) is 82.8 Å². The molecule has 4 atom stereocenters. The second kappa shape index (κ2) is 5.86. The minimum absolute atomic E-state index is 0.0294. The van der Waals surface area contributed by atoms with E-state index in [-0.39, 0.29) is 5.41 Å². The highest BCUT2D eigenvalue weighted by Gasteiger charge is 2.58. The first-order chi connectivity index (χ1) is 11.8. The zero-order valence-electron chi connectivity index (χ0n) is 16.0. The zero-order chi connectivity index (χ0) is 17.8. The Bertz CT molecular complexity index is 691. The van der Waals surface area contributed by atoms with Gasteiger partial charge in [-0.3, -0.25) is 4.79 Å². The molecule has 1 aromatic carbocycles. The second-order valence-corrected chi connectivity index (χ2v) is 9.72. The summed E-state index contributed by atoms with van der Waals surface area (Å²) in [6.45, 7) is 7.12. The number of rotatable bonds is 3. The summed E-state index contributed by atoms with van der Waals surface area (Å²) in [6, 6.07) is 5.95. The lowest BCUT2D eigenvalue weighted by atomic mass is 9.44. The van der Waals surface area contributed by atoms with Gasteiger partial charge < -0.3 is 5.11 Å². The molecule has 0 amide bonds. The van der Waals surface area contributed by atoms with E-state index >= 15 is 0 Å². The third kappa shape index (κ3) is 2.64. The van der Waals surface area contributed by atoms with Crippen LogP contribution in [0, 0.1) is 22.7 Å². The maximum absolute atomic E-state index is 12.6. The summed E-state index contributed by atoms with van der Waals surface area (Å²) in [5, 5.41) is 9.89. The molecule has 0 bridgehead atoms.